The second-order valence-corrected chi connectivity index (χ2v) is 4.95. The van der Waals surface area contributed by atoms with Gasteiger partial charge in [0.25, 0.3) is 0 Å². The lowest BCUT2D eigenvalue weighted by atomic mass is 9.88. The summed E-state index contributed by atoms with van der Waals surface area (Å²) in [6, 6.07) is -0.338. The van der Waals surface area contributed by atoms with Crippen molar-refractivity contribution in [2.24, 2.45) is 5.41 Å². The average Bonchev–Trinajstić information content (AvgIpc) is 2.11. The van der Waals surface area contributed by atoms with E-state index in [0.29, 0.717) is 6.54 Å². The molecule has 0 fully saturated rings. The summed E-state index contributed by atoms with van der Waals surface area (Å²) >= 11 is 0. The van der Waals surface area contributed by atoms with Crippen LogP contribution >= 0.6 is 0 Å². The monoisotopic (exact) mass is 230 g/mol. The molecule has 0 aliphatic rings. The number of hydrogen-bond donors (Lipinski definition) is 2. The fourth-order valence-corrected chi connectivity index (χ4v) is 0.983. The normalized spacial score (nSPS) is 13.1. The van der Waals surface area contributed by atoms with Crippen LogP contribution in [0.4, 0.5) is 4.79 Å². The highest BCUT2D eigenvalue weighted by molar-refractivity contribution is 5.80. The van der Waals surface area contributed by atoms with E-state index < -0.39 is 5.97 Å². The van der Waals surface area contributed by atoms with Crippen molar-refractivity contribution in [1.29, 1.82) is 0 Å². The number of carboxylic acids is 1. The lowest BCUT2D eigenvalue weighted by molar-refractivity contribution is -0.137. The summed E-state index contributed by atoms with van der Waals surface area (Å²) in [5, 5.41) is 11.4. The predicted molar refractivity (Wildman–Crippen MR) is 62.3 cm³/mol. The number of carbonyl (C=O) groups is 2. The second kappa shape index (κ2) is 5.72. The maximum absolute atomic E-state index is 11.7. The molecule has 0 saturated heterocycles. The molecule has 0 saturated carbocycles. The SMILES string of the molecule is CCN(CC(=O)O)C(=O)NC(C)C(C)(C)C. The number of aliphatic carboxylic acids is 1. The summed E-state index contributed by atoms with van der Waals surface area (Å²) in [5.41, 5.74) is -0.0434. The quantitative estimate of drug-likeness (QED) is 0.769. The lowest BCUT2D eigenvalue weighted by Gasteiger charge is -2.30. The van der Waals surface area contributed by atoms with Crippen molar-refractivity contribution in [3.05, 3.63) is 0 Å². The first-order valence-electron chi connectivity index (χ1n) is 5.45. The van der Waals surface area contributed by atoms with Gasteiger partial charge in [0.15, 0.2) is 0 Å². The van der Waals surface area contributed by atoms with Gasteiger partial charge in [-0.05, 0) is 19.3 Å². The summed E-state index contributed by atoms with van der Waals surface area (Å²) < 4.78 is 0. The molecule has 0 heterocycles. The van der Waals surface area contributed by atoms with Gasteiger partial charge in [-0.2, -0.15) is 0 Å². The van der Waals surface area contributed by atoms with Gasteiger partial charge in [-0.15, -0.1) is 0 Å². The number of likely N-dealkylation sites (N-methyl/N-ethyl adjacent to an activating group) is 1. The fourth-order valence-electron chi connectivity index (χ4n) is 0.983. The van der Waals surface area contributed by atoms with Gasteiger partial charge in [-0.25, -0.2) is 4.79 Å². The van der Waals surface area contributed by atoms with Gasteiger partial charge >= 0.3 is 12.0 Å². The van der Waals surface area contributed by atoms with Crippen molar-refractivity contribution in [1.82, 2.24) is 10.2 Å². The number of urea groups is 1. The van der Waals surface area contributed by atoms with Crippen molar-refractivity contribution >= 4 is 12.0 Å². The molecule has 94 valence electrons. The zero-order valence-electron chi connectivity index (χ0n) is 10.7. The molecule has 2 amide bonds. The molecular weight excluding hydrogens is 208 g/mol. The minimum Gasteiger partial charge on any atom is -0.480 e. The van der Waals surface area contributed by atoms with E-state index in [1.807, 2.05) is 27.7 Å². The minimum absolute atomic E-state index is 0.0113. The minimum atomic E-state index is -1.000. The van der Waals surface area contributed by atoms with Crippen LogP contribution in [0.3, 0.4) is 0 Å². The van der Waals surface area contributed by atoms with E-state index in [4.69, 9.17) is 5.11 Å². The molecule has 16 heavy (non-hydrogen) atoms. The van der Waals surface area contributed by atoms with Gasteiger partial charge in [-0.1, -0.05) is 20.8 Å². The summed E-state index contributed by atoms with van der Waals surface area (Å²) in [6.07, 6.45) is 0. The first-order valence-corrected chi connectivity index (χ1v) is 5.45. The summed E-state index contributed by atoms with van der Waals surface area (Å²) in [7, 11) is 0. The largest absolute Gasteiger partial charge is 0.480 e. The first kappa shape index (κ1) is 14.7. The molecule has 0 rings (SSSR count). The fraction of sp³-hybridized carbons (Fsp3) is 0.818. The van der Waals surface area contributed by atoms with Gasteiger partial charge in [0.2, 0.25) is 0 Å². The van der Waals surface area contributed by atoms with Crippen molar-refractivity contribution in [3.63, 3.8) is 0 Å². The molecule has 0 radical (unpaired) electrons. The van der Waals surface area contributed by atoms with Crippen molar-refractivity contribution in [2.45, 2.75) is 40.7 Å². The Morgan fingerprint density at radius 2 is 1.88 bits per heavy atom. The third kappa shape index (κ3) is 5.00. The third-order valence-electron chi connectivity index (χ3n) is 2.63. The molecule has 0 aromatic heterocycles. The molecule has 0 aliphatic heterocycles. The molecule has 0 bridgehead atoms. The highest BCUT2D eigenvalue weighted by atomic mass is 16.4. The van der Waals surface area contributed by atoms with E-state index in [0.717, 1.165) is 0 Å². The zero-order valence-corrected chi connectivity index (χ0v) is 10.7. The average molecular weight is 230 g/mol. The van der Waals surface area contributed by atoms with E-state index in [9.17, 15) is 9.59 Å². The highest BCUT2D eigenvalue weighted by Gasteiger charge is 2.24. The molecule has 5 nitrogen and oxygen atoms in total. The van der Waals surface area contributed by atoms with Crippen molar-refractivity contribution in [3.8, 4) is 0 Å². The Kier molecular flexibility index (Phi) is 5.27. The maximum Gasteiger partial charge on any atom is 0.323 e. The van der Waals surface area contributed by atoms with Gasteiger partial charge < -0.3 is 15.3 Å². The first-order chi connectivity index (χ1) is 7.18. The number of nitrogens with zero attached hydrogens (tertiary/aromatic N) is 1. The molecule has 2 N–H and O–H groups in total. The Bertz CT molecular complexity index is 258. The van der Waals surface area contributed by atoms with Crippen molar-refractivity contribution in [2.75, 3.05) is 13.1 Å². The van der Waals surface area contributed by atoms with Crippen LogP contribution in [0.5, 0.6) is 0 Å². The van der Waals surface area contributed by atoms with Gasteiger partial charge in [0, 0.05) is 12.6 Å². The number of nitrogens with one attached hydrogen (secondary N) is 1. The number of carbonyl (C=O) groups excluding carboxylic acids is 1. The number of hydrogen-bond acceptors (Lipinski definition) is 2. The van der Waals surface area contributed by atoms with Crippen LogP contribution in [0.1, 0.15) is 34.6 Å². The molecule has 0 aromatic rings. The van der Waals surface area contributed by atoms with Gasteiger partial charge in [0.05, 0.1) is 0 Å². The summed E-state index contributed by atoms with van der Waals surface area (Å²) in [4.78, 5) is 23.5. The topological polar surface area (TPSA) is 69.6 Å². The molecule has 1 unspecified atom stereocenters. The van der Waals surface area contributed by atoms with E-state index in [1.165, 1.54) is 4.90 Å². The molecule has 5 heteroatoms. The van der Waals surface area contributed by atoms with E-state index >= 15 is 0 Å². The Hall–Kier alpha value is -1.26. The molecule has 0 spiro atoms. The van der Waals surface area contributed by atoms with Crippen LogP contribution < -0.4 is 5.32 Å². The van der Waals surface area contributed by atoms with Crippen LogP contribution in [0, 0.1) is 5.41 Å². The predicted octanol–water partition coefficient (Wildman–Crippen LogP) is 1.54. The van der Waals surface area contributed by atoms with E-state index in [1.54, 1.807) is 6.92 Å². The lowest BCUT2D eigenvalue weighted by Crippen LogP contribution is -2.49. The van der Waals surface area contributed by atoms with Crippen molar-refractivity contribution < 1.29 is 14.7 Å². The van der Waals surface area contributed by atoms with E-state index in [2.05, 4.69) is 5.32 Å². The Labute approximate surface area is 96.8 Å². The van der Waals surface area contributed by atoms with Crippen LogP contribution in [0.2, 0.25) is 0 Å². The zero-order chi connectivity index (χ0) is 12.9. The molecular formula is C11H22N2O3. The Balaban J connectivity index is 4.37. The smallest absolute Gasteiger partial charge is 0.323 e. The maximum atomic E-state index is 11.7. The number of rotatable bonds is 4. The highest BCUT2D eigenvalue weighted by Crippen LogP contribution is 2.18. The van der Waals surface area contributed by atoms with Crippen LogP contribution in [0.15, 0.2) is 0 Å². The second-order valence-electron chi connectivity index (χ2n) is 4.95. The number of carboxylic acid groups (broad SMARTS) is 1. The third-order valence-corrected chi connectivity index (χ3v) is 2.63. The van der Waals surface area contributed by atoms with Crippen LogP contribution in [0.25, 0.3) is 0 Å². The molecule has 0 aromatic carbocycles. The Morgan fingerprint density at radius 1 is 1.38 bits per heavy atom. The van der Waals surface area contributed by atoms with Gasteiger partial charge in [-0.3, -0.25) is 4.79 Å². The summed E-state index contributed by atoms with van der Waals surface area (Å²) in [6.45, 7) is 9.84. The summed E-state index contributed by atoms with van der Waals surface area (Å²) in [5.74, 6) is -1.000. The van der Waals surface area contributed by atoms with E-state index in [-0.39, 0.29) is 24.0 Å². The van der Waals surface area contributed by atoms with Crippen LogP contribution in [-0.2, 0) is 4.79 Å². The molecule has 1 atom stereocenters. The number of amides is 2. The van der Waals surface area contributed by atoms with Crippen LogP contribution in [-0.4, -0.2) is 41.1 Å². The molecule has 0 aliphatic carbocycles. The van der Waals surface area contributed by atoms with Gasteiger partial charge in [0.1, 0.15) is 6.54 Å². The Morgan fingerprint density at radius 3 is 2.19 bits per heavy atom. The standard InChI is InChI=1S/C11H22N2O3/c1-6-13(7-9(14)15)10(16)12-8(2)11(3,4)5/h8H,6-7H2,1-5H3,(H,12,16)(H,14,15).